The molecule has 4 rings (SSSR count). The summed E-state index contributed by atoms with van der Waals surface area (Å²) in [6.07, 6.45) is 1.90. The van der Waals surface area contributed by atoms with Gasteiger partial charge in [0.1, 0.15) is 35.6 Å². The molecular formula is C22H17F3O2. The monoisotopic (exact) mass is 370 g/mol. The third-order valence-corrected chi connectivity index (χ3v) is 4.29. The molecule has 1 aliphatic carbocycles. The topological polar surface area (TPSA) is 18.5 Å². The van der Waals surface area contributed by atoms with Gasteiger partial charge in [-0.1, -0.05) is 18.2 Å². The number of rotatable bonds is 6. The van der Waals surface area contributed by atoms with Crippen LogP contribution < -0.4 is 9.47 Å². The molecule has 138 valence electrons. The molecule has 0 radical (unpaired) electrons. The van der Waals surface area contributed by atoms with Crippen LogP contribution in [0.15, 0.2) is 60.7 Å². The molecule has 27 heavy (non-hydrogen) atoms. The molecule has 0 aliphatic heterocycles. The Kier molecular flexibility index (Phi) is 4.75. The molecule has 0 bridgehead atoms. The van der Waals surface area contributed by atoms with Crippen LogP contribution in [-0.4, -0.2) is 6.10 Å². The second kappa shape index (κ2) is 7.35. The number of benzene rings is 3. The lowest BCUT2D eigenvalue weighted by atomic mass is 10.0. The zero-order valence-electron chi connectivity index (χ0n) is 14.4. The molecule has 3 aromatic rings. The second-order valence-electron chi connectivity index (χ2n) is 6.49. The van der Waals surface area contributed by atoms with Gasteiger partial charge in [0.25, 0.3) is 0 Å². The normalized spacial score (nSPS) is 13.4. The zero-order valence-corrected chi connectivity index (χ0v) is 14.4. The molecule has 5 heteroatoms. The summed E-state index contributed by atoms with van der Waals surface area (Å²) in [5, 5.41) is 0. The Hall–Kier alpha value is -2.95. The molecule has 0 N–H and O–H groups in total. The van der Waals surface area contributed by atoms with E-state index in [1.165, 1.54) is 36.4 Å². The first-order valence-corrected chi connectivity index (χ1v) is 8.72. The summed E-state index contributed by atoms with van der Waals surface area (Å²) >= 11 is 0. The van der Waals surface area contributed by atoms with Gasteiger partial charge in [-0.25, -0.2) is 13.2 Å². The van der Waals surface area contributed by atoms with Crippen LogP contribution in [0.4, 0.5) is 13.2 Å². The third kappa shape index (κ3) is 4.08. The molecule has 0 heterocycles. The minimum atomic E-state index is -0.519. The van der Waals surface area contributed by atoms with Gasteiger partial charge in [0.2, 0.25) is 0 Å². The second-order valence-corrected chi connectivity index (χ2v) is 6.49. The van der Waals surface area contributed by atoms with Crippen molar-refractivity contribution in [3.8, 4) is 22.6 Å². The summed E-state index contributed by atoms with van der Waals surface area (Å²) < 4.78 is 53.5. The first kappa shape index (κ1) is 17.5. The fourth-order valence-electron chi connectivity index (χ4n) is 2.84. The molecule has 1 aliphatic rings. The van der Waals surface area contributed by atoms with Gasteiger partial charge >= 0.3 is 0 Å². The largest absolute Gasteiger partial charge is 0.490 e. The van der Waals surface area contributed by atoms with Crippen molar-refractivity contribution in [2.24, 2.45) is 0 Å². The van der Waals surface area contributed by atoms with Crippen LogP contribution in [0.1, 0.15) is 18.4 Å². The highest BCUT2D eigenvalue weighted by Gasteiger charge is 2.26. The van der Waals surface area contributed by atoms with Crippen molar-refractivity contribution in [1.29, 1.82) is 0 Å². The zero-order chi connectivity index (χ0) is 18.8. The van der Waals surface area contributed by atoms with Gasteiger partial charge in [0, 0.05) is 5.56 Å². The predicted octanol–water partition coefficient (Wildman–Crippen LogP) is 5.89. The maximum atomic E-state index is 14.6. The van der Waals surface area contributed by atoms with Crippen molar-refractivity contribution < 1.29 is 22.6 Å². The van der Waals surface area contributed by atoms with Gasteiger partial charge in [0.15, 0.2) is 0 Å². The maximum Gasteiger partial charge on any atom is 0.134 e. The molecule has 1 fully saturated rings. The lowest BCUT2D eigenvalue weighted by Gasteiger charge is -2.16. The summed E-state index contributed by atoms with van der Waals surface area (Å²) in [5.41, 5.74) is 1.05. The highest BCUT2D eigenvalue weighted by Crippen LogP contribution is 2.41. The lowest BCUT2D eigenvalue weighted by molar-refractivity contribution is 0.299. The van der Waals surface area contributed by atoms with Crippen LogP contribution in [0, 0.1) is 17.5 Å². The minimum absolute atomic E-state index is 0.0655. The quantitative estimate of drug-likeness (QED) is 0.539. The maximum absolute atomic E-state index is 14.6. The standard InChI is InChI=1S/C22H17F3O2/c23-15-4-1-3-14(11-15)13-26-20-10-7-16(24)12-18(20)22-19(25)5-2-6-21(22)27-17-8-9-17/h1-7,10-12,17H,8-9,13H2. The highest BCUT2D eigenvalue weighted by molar-refractivity contribution is 5.76. The van der Waals surface area contributed by atoms with Crippen molar-refractivity contribution in [1.82, 2.24) is 0 Å². The Labute approximate surface area is 155 Å². The summed E-state index contributed by atoms with van der Waals surface area (Å²) in [5.74, 6) is -0.743. The van der Waals surface area contributed by atoms with Crippen LogP contribution >= 0.6 is 0 Å². The van der Waals surface area contributed by atoms with Crippen molar-refractivity contribution >= 4 is 0 Å². The van der Waals surface area contributed by atoms with Crippen LogP contribution in [0.5, 0.6) is 11.5 Å². The first-order valence-electron chi connectivity index (χ1n) is 8.72. The number of hydrogen-bond donors (Lipinski definition) is 0. The summed E-state index contributed by atoms with van der Waals surface area (Å²) in [7, 11) is 0. The van der Waals surface area contributed by atoms with Crippen molar-refractivity contribution in [3.63, 3.8) is 0 Å². The van der Waals surface area contributed by atoms with Gasteiger partial charge in [-0.3, -0.25) is 0 Å². The van der Waals surface area contributed by atoms with Crippen LogP contribution in [0.2, 0.25) is 0 Å². The molecule has 2 nitrogen and oxygen atoms in total. The Bertz CT molecular complexity index is 968. The van der Waals surface area contributed by atoms with E-state index >= 15 is 0 Å². The SMILES string of the molecule is Fc1cccc(COc2ccc(F)cc2-c2c(F)cccc2OC2CC2)c1. The van der Waals surface area contributed by atoms with E-state index in [0.717, 1.165) is 12.8 Å². The van der Waals surface area contributed by atoms with Gasteiger partial charge < -0.3 is 9.47 Å². The van der Waals surface area contributed by atoms with Gasteiger partial charge in [-0.05, 0) is 60.9 Å². The lowest BCUT2D eigenvalue weighted by Crippen LogP contribution is -2.02. The van der Waals surface area contributed by atoms with E-state index in [2.05, 4.69) is 0 Å². The predicted molar refractivity (Wildman–Crippen MR) is 96.2 cm³/mol. The summed E-state index contributed by atoms with van der Waals surface area (Å²) in [4.78, 5) is 0. The molecule has 0 atom stereocenters. The van der Waals surface area contributed by atoms with Crippen LogP contribution in [-0.2, 0) is 6.61 Å². The molecule has 0 saturated heterocycles. The average Bonchev–Trinajstić information content (AvgIpc) is 3.45. The van der Waals surface area contributed by atoms with E-state index in [9.17, 15) is 13.2 Å². The summed E-state index contributed by atoms with van der Waals surface area (Å²) in [6.45, 7) is 0.0731. The van der Waals surface area contributed by atoms with Crippen molar-refractivity contribution in [3.05, 3.63) is 83.7 Å². The number of hydrogen-bond acceptors (Lipinski definition) is 2. The van der Waals surface area contributed by atoms with Crippen LogP contribution in [0.3, 0.4) is 0 Å². The fourth-order valence-corrected chi connectivity index (χ4v) is 2.84. The molecule has 3 aromatic carbocycles. The number of halogens is 3. The highest BCUT2D eigenvalue weighted by atomic mass is 19.1. The smallest absolute Gasteiger partial charge is 0.134 e. The van der Waals surface area contributed by atoms with Crippen molar-refractivity contribution in [2.75, 3.05) is 0 Å². The Morgan fingerprint density at radius 1 is 0.815 bits per heavy atom. The van der Waals surface area contributed by atoms with E-state index in [-0.39, 0.29) is 29.7 Å². The molecule has 0 aromatic heterocycles. The van der Waals surface area contributed by atoms with Crippen LogP contribution in [0.25, 0.3) is 11.1 Å². The molecule has 0 amide bonds. The minimum Gasteiger partial charge on any atom is -0.490 e. The third-order valence-electron chi connectivity index (χ3n) is 4.29. The molecule has 0 spiro atoms. The van der Waals surface area contributed by atoms with Crippen molar-refractivity contribution in [2.45, 2.75) is 25.6 Å². The van der Waals surface area contributed by atoms with E-state index in [1.807, 2.05) is 0 Å². The number of ether oxygens (including phenoxy) is 2. The van der Waals surface area contributed by atoms with E-state index in [4.69, 9.17) is 9.47 Å². The molecule has 1 saturated carbocycles. The van der Waals surface area contributed by atoms with E-state index < -0.39 is 11.6 Å². The fraction of sp³-hybridized carbons (Fsp3) is 0.182. The van der Waals surface area contributed by atoms with Gasteiger partial charge in [-0.15, -0.1) is 0 Å². The van der Waals surface area contributed by atoms with E-state index in [1.54, 1.807) is 24.3 Å². The Morgan fingerprint density at radius 2 is 1.59 bits per heavy atom. The van der Waals surface area contributed by atoms with Gasteiger partial charge in [-0.2, -0.15) is 0 Å². The van der Waals surface area contributed by atoms with E-state index in [0.29, 0.717) is 17.1 Å². The van der Waals surface area contributed by atoms with Gasteiger partial charge in [0.05, 0.1) is 11.7 Å². The Morgan fingerprint density at radius 3 is 2.37 bits per heavy atom. The average molecular weight is 370 g/mol. The summed E-state index contributed by atoms with van der Waals surface area (Å²) in [6, 6.07) is 14.4. The molecular weight excluding hydrogens is 353 g/mol. The Balaban J connectivity index is 1.69. The first-order chi connectivity index (χ1) is 13.1. The molecule has 0 unspecified atom stereocenters.